The molecule has 0 saturated heterocycles. The van der Waals surface area contributed by atoms with Gasteiger partial charge in [0.1, 0.15) is 0 Å². The third-order valence-corrected chi connectivity index (χ3v) is 2.84. The van der Waals surface area contributed by atoms with Gasteiger partial charge in [-0.05, 0) is 38.4 Å². The number of benzene rings is 1. The first-order valence-corrected chi connectivity index (χ1v) is 5.49. The van der Waals surface area contributed by atoms with Gasteiger partial charge in [0.25, 0.3) is 5.69 Å². The maximum Gasteiger partial charge on any atom is 0.272 e. The van der Waals surface area contributed by atoms with Crippen LogP contribution < -0.4 is 5.32 Å². The van der Waals surface area contributed by atoms with Crippen LogP contribution in [0.5, 0.6) is 0 Å². The highest BCUT2D eigenvalue weighted by molar-refractivity contribution is 5.42. The summed E-state index contributed by atoms with van der Waals surface area (Å²) in [5.74, 6) is 0. The molecule has 0 heterocycles. The molecule has 1 atom stereocenters. The van der Waals surface area contributed by atoms with Gasteiger partial charge < -0.3 is 5.32 Å². The van der Waals surface area contributed by atoms with Crippen molar-refractivity contribution in [2.75, 3.05) is 7.05 Å². The molecule has 0 aliphatic rings. The van der Waals surface area contributed by atoms with Crippen LogP contribution in [0, 0.1) is 17.0 Å². The first-order chi connectivity index (χ1) is 7.58. The zero-order chi connectivity index (χ0) is 12.1. The lowest BCUT2D eigenvalue weighted by molar-refractivity contribution is -0.385. The van der Waals surface area contributed by atoms with E-state index in [1.807, 2.05) is 19.2 Å². The van der Waals surface area contributed by atoms with Gasteiger partial charge in [0.05, 0.1) is 4.92 Å². The van der Waals surface area contributed by atoms with Crippen LogP contribution >= 0.6 is 0 Å². The van der Waals surface area contributed by atoms with Crippen LogP contribution in [-0.4, -0.2) is 18.0 Å². The largest absolute Gasteiger partial charge is 0.317 e. The first-order valence-electron chi connectivity index (χ1n) is 5.49. The van der Waals surface area contributed by atoms with Gasteiger partial charge in [0, 0.05) is 17.7 Å². The van der Waals surface area contributed by atoms with Crippen LogP contribution in [0.15, 0.2) is 18.2 Å². The van der Waals surface area contributed by atoms with Crippen LogP contribution in [0.2, 0.25) is 0 Å². The van der Waals surface area contributed by atoms with Crippen molar-refractivity contribution in [1.29, 1.82) is 0 Å². The standard InChI is InChI=1S/C12H18N2O2/c1-4-11(13-3)8-10-5-6-12(14(15)16)9(2)7-10/h5-7,11,13H,4,8H2,1-3H3. The predicted octanol–water partition coefficient (Wildman–Crippen LogP) is 2.44. The molecule has 0 bridgehead atoms. The summed E-state index contributed by atoms with van der Waals surface area (Å²) < 4.78 is 0. The highest BCUT2D eigenvalue weighted by Crippen LogP contribution is 2.19. The Labute approximate surface area is 95.8 Å². The molecule has 1 rings (SSSR count). The average Bonchev–Trinajstić information content (AvgIpc) is 2.25. The molecule has 1 aromatic carbocycles. The molecule has 1 N–H and O–H groups in total. The number of likely N-dealkylation sites (N-methyl/N-ethyl adjacent to an activating group) is 1. The van der Waals surface area contributed by atoms with Gasteiger partial charge in [-0.1, -0.05) is 13.0 Å². The van der Waals surface area contributed by atoms with Gasteiger partial charge in [0.15, 0.2) is 0 Å². The number of nitro benzene ring substituents is 1. The number of nitro groups is 1. The van der Waals surface area contributed by atoms with E-state index in [1.54, 1.807) is 13.0 Å². The van der Waals surface area contributed by atoms with E-state index in [9.17, 15) is 10.1 Å². The number of aryl methyl sites for hydroxylation is 1. The molecule has 4 nitrogen and oxygen atoms in total. The lowest BCUT2D eigenvalue weighted by Gasteiger charge is -2.13. The fraction of sp³-hybridized carbons (Fsp3) is 0.500. The molecule has 16 heavy (non-hydrogen) atoms. The molecule has 1 aromatic rings. The Kier molecular flexibility index (Phi) is 4.43. The third kappa shape index (κ3) is 3.03. The first kappa shape index (κ1) is 12.6. The Balaban J connectivity index is 2.84. The van der Waals surface area contributed by atoms with E-state index in [-0.39, 0.29) is 10.6 Å². The van der Waals surface area contributed by atoms with Crippen molar-refractivity contribution in [3.05, 3.63) is 39.4 Å². The summed E-state index contributed by atoms with van der Waals surface area (Å²) in [6.07, 6.45) is 1.96. The van der Waals surface area contributed by atoms with Gasteiger partial charge >= 0.3 is 0 Å². The lowest BCUT2D eigenvalue weighted by atomic mass is 10.0. The fourth-order valence-electron chi connectivity index (χ4n) is 1.78. The van der Waals surface area contributed by atoms with Gasteiger partial charge in [-0.3, -0.25) is 10.1 Å². The van der Waals surface area contributed by atoms with E-state index < -0.39 is 0 Å². The van der Waals surface area contributed by atoms with Crippen molar-refractivity contribution in [2.45, 2.75) is 32.7 Å². The minimum absolute atomic E-state index is 0.196. The highest BCUT2D eigenvalue weighted by atomic mass is 16.6. The molecule has 0 saturated carbocycles. The zero-order valence-electron chi connectivity index (χ0n) is 9.99. The van der Waals surface area contributed by atoms with Crippen LogP contribution in [-0.2, 0) is 6.42 Å². The second-order valence-corrected chi connectivity index (χ2v) is 3.98. The summed E-state index contributed by atoms with van der Waals surface area (Å²) in [6, 6.07) is 5.76. The summed E-state index contributed by atoms with van der Waals surface area (Å²) in [6.45, 7) is 3.90. The summed E-state index contributed by atoms with van der Waals surface area (Å²) >= 11 is 0. The van der Waals surface area contributed by atoms with Crippen molar-refractivity contribution in [3.63, 3.8) is 0 Å². The molecule has 88 valence electrons. The Morgan fingerprint density at radius 3 is 2.62 bits per heavy atom. The maximum absolute atomic E-state index is 10.7. The Morgan fingerprint density at radius 2 is 2.19 bits per heavy atom. The van der Waals surface area contributed by atoms with Crippen molar-refractivity contribution >= 4 is 5.69 Å². The Hall–Kier alpha value is -1.42. The fourth-order valence-corrected chi connectivity index (χ4v) is 1.78. The zero-order valence-corrected chi connectivity index (χ0v) is 9.99. The highest BCUT2D eigenvalue weighted by Gasteiger charge is 2.11. The van der Waals surface area contributed by atoms with Crippen LogP contribution in [0.25, 0.3) is 0 Å². The summed E-state index contributed by atoms with van der Waals surface area (Å²) in [7, 11) is 1.94. The van der Waals surface area contributed by atoms with Crippen molar-refractivity contribution in [1.82, 2.24) is 5.32 Å². The number of nitrogens with zero attached hydrogens (tertiary/aromatic N) is 1. The predicted molar refractivity (Wildman–Crippen MR) is 64.7 cm³/mol. The lowest BCUT2D eigenvalue weighted by Crippen LogP contribution is -2.26. The van der Waals surface area contributed by atoms with E-state index in [0.29, 0.717) is 6.04 Å². The number of rotatable bonds is 5. The van der Waals surface area contributed by atoms with Crippen molar-refractivity contribution in [2.24, 2.45) is 0 Å². The topological polar surface area (TPSA) is 55.2 Å². The molecule has 0 fully saturated rings. The molecule has 0 aliphatic heterocycles. The Morgan fingerprint density at radius 1 is 1.50 bits per heavy atom. The van der Waals surface area contributed by atoms with Crippen molar-refractivity contribution < 1.29 is 4.92 Å². The minimum Gasteiger partial charge on any atom is -0.317 e. The molecule has 0 aromatic heterocycles. The third-order valence-electron chi connectivity index (χ3n) is 2.84. The number of hydrogen-bond donors (Lipinski definition) is 1. The summed E-state index contributed by atoms with van der Waals surface area (Å²) in [5, 5.41) is 13.9. The molecule has 0 aliphatic carbocycles. The second-order valence-electron chi connectivity index (χ2n) is 3.98. The monoisotopic (exact) mass is 222 g/mol. The van der Waals surface area contributed by atoms with E-state index in [4.69, 9.17) is 0 Å². The number of nitrogens with one attached hydrogen (secondary N) is 1. The number of hydrogen-bond acceptors (Lipinski definition) is 3. The second kappa shape index (κ2) is 5.61. The smallest absolute Gasteiger partial charge is 0.272 e. The quantitative estimate of drug-likeness (QED) is 0.615. The molecule has 0 spiro atoms. The molecule has 1 unspecified atom stereocenters. The minimum atomic E-state index is -0.339. The summed E-state index contributed by atoms with van der Waals surface area (Å²) in [4.78, 5) is 10.3. The Bertz CT molecular complexity index is 373. The van der Waals surface area contributed by atoms with Gasteiger partial charge in [-0.15, -0.1) is 0 Å². The van der Waals surface area contributed by atoms with Crippen LogP contribution in [0.4, 0.5) is 5.69 Å². The SMILES string of the molecule is CCC(Cc1ccc([N+](=O)[O-])c(C)c1)NC. The van der Waals surface area contributed by atoms with Crippen molar-refractivity contribution in [3.8, 4) is 0 Å². The van der Waals surface area contributed by atoms with Gasteiger partial charge in [0.2, 0.25) is 0 Å². The van der Waals surface area contributed by atoms with Crippen LogP contribution in [0.3, 0.4) is 0 Å². The van der Waals surface area contributed by atoms with E-state index >= 15 is 0 Å². The maximum atomic E-state index is 10.7. The van der Waals surface area contributed by atoms with Crippen LogP contribution in [0.1, 0.15) is 24.5 Å². The van der Waals surface area contributed by atoms with E-state index in [0.717, 1.165) is 24.0 Å². The average molecular weight is 222 g/mol. The van der Waals surface area contributed by atoms with E-state index in [2.05, 4.69) is 12.2 Å². The molecule has 4 heteroatoms. The molecule has 0 amide bonds. The van der Waals surface area contributed by atoms with E-state index in [1.165, 1.54) is 0 Å². The summed E-state index contributed by atoms with van der Waals surface area (Å²) in [5.41, 5.74) is 2.07. The molecule has 0 radical (unpaired) electrons. The van der Waals surface area contributed by atoms with Gasteiger partial charge in [-0.25, -0.2) is 0 Å². The van der Waals surface area contributed by atoms with Gasteiger partial charge in [-0.2, -0.15) is 0 Å². The molecular weight excluding hydrogens is 204 g/mol. The normalized spacial score (nSPS) is 12.4. The molecular formula is C12H18N2O2.